The summed E-state index contributed by atoms with van der Waals surface area (Å²) in [6.07, 6.45) is 61.4. The molecular formula is C55H103O2. The fraction of sp³-hybridized carbons (Fsp3) is 0.873. The van der Waals surface area contributed by atoms with Gasteiger partial charge in [-0.2, -0.15) is 0 Å². The first-order chi connectivity index (χ1) is 28.3. The summed E-state index contributed by atoms with van der Waals surface area (Å²) in [7, 11) is 0. The smallest absolute Gasteiger partial charge is 0.126 e. The van der Waals surface area contributed by atoms with Gasteiger partial charge < -0.3 is 9.47 Å². The maximum atomic E-state index is 6.32. The molecule has 0 bridgehead atoms. The van der Waals surface area contributed by atoms with Gasteiger partial charge in [-0.25, -0.2) is 0 Å². The van der Waals surface area contributed by atoms with E-state index in [1.54, 1.807) is 0 Å². The minimum atomic E-state index is 0.812. The van der Waals surface area contributed by atoms with Crippen LogP contribution in [0.3, 0.4) is 0 Å². The molecule has 335 valence electrons. The summed E-state index contributed by atoms with van der Waals surface area (Å²) in [6.45, 7) is 10.4. The van der Waals surface area contributed by atoms with Crippen LogP contribution in [0.2, 0.25) is 0 Å². The number of hydrogen-bond acceptors (Lipinski definition) is 2. The summed E-state index contributed by atoms with van der Waals surface area (Å²) in [6, 6.07) is 6.37. The molecule has 0 aromatic heterocycles. The van der Waals surface area contributed by atoms with E-state index in [2.05, 4.69) is 39.0 Å². The molecule has 2 nitrogen and oxygen atoms in total. The van der Waals surface area contributed by atoms with E-state index < -0.39 is 0 Å². The molecule has 1 rings (SSSR count). The topological polar surface area (TPSA) is 18.5 Å². The molecular weight excluding hydrogens is 693 g/mol. The van der Waals surface area contributed by atoms with Gasteiger partial charge in [-0.15, -0.1) is 0 Å². The van der Waals surface area contributed by atoms with Gasteiger partial charge >= 0.3 is 0 Å². The number of benzene rings is 1. The number of hydrogen-bond donors (Lipinski definition) is 0. The molecule has 0 amide bonds. The molecule has 1 aromatic rings. The van der Waals surface area contributed by atoms with Crippen molar-refractivity contribution in [1.29, 1.82) is 0 Å². The predicted octanol–water partition coefficient (Wildman–Crippen LogP) is 19.6. The van der Waals surface area contributed by atoms with Crippen molar-refractivity contribution in [3.8, 4) is 11.5 Å². The minimum absolute atomic E-state index is 0.812. The van der Waals surface area contributed by atoms with E-state index in [1.165, 1.54) is 262 Å². The monoisotopic (exact) mass is 796 g/mol. The molecule has 0 aliphatic rings. The highest BCUT2D eigenvalue weighted by Gasteiger charge is 2.10. The molecule has 0 spiro atoms. The van der Waals surface area contributed by atoms with Crippen molar-refractivity contribution in [2.75, 3.05) is 13.2 Å². The zero-order valence-corrected chi connectivity index (χ0v) is 39.3. The molecule has 0 atom stereocenters. The predicted molar refractivity (Wildman–Crippen MR) is 256 cm³/mol. The zero-order chi connectivity index (χ0) is 40.8. The standard InChI is InChI=1S/C55H103O2/c1-4-7-9-11-13-15-17-19-21-23-25-27-29-31-33-35-37-39-41-43-45-51-56-54-49-47-50-55(53(54)48-6-3)57-52-46-44-42-40-38-36-34-32-30-28-26-24-22-20-18-16-14-12-10-8-5-2/h47,49-50H,3-46,48,51-52H2,1-2H3. The Morgan fingerprint density at radius 3 is 0.737 bits per heavy atom. The normalized spacial score (nSPS) is 11.5. The van der Waals surface area contributed by atoms with Crippen molar-refractivity contribution in [3.05, 3.63) is 30.7 Å². The highest BCUT2D eigenvalue weighted by molar-refractivity contribution is 5.45. The second-order valence-corrected chi connectivity index (χ2v) is 18.2. The Morgan fingerprint density at radius 2 is 0.526 bits per heavy atom. The average molecular weight is 796 g/mol. The lowest BCUT2D eigenvalue weighted by Gasteiger charge is -2.16. The Labute approximate surface area is 360 Å². The van der Waals surface area contributed by atoms with Gasteiger partial charge in [-0.1, -0.05) is 284 Å². The zero-order valence-electron chi connectivity index (χ0n) is 39.3. The van der Waals surface area contributed by atoms with E-state index in [0.717, 1.165) is 50.4 Å². The SMILES string of the molecule is [CH2]CCc1c(OCCCCCCCCCCCCCCCCCCCCCCC)cccc1OCCCCCCCCCCCCCCCCCCCCCCC. The van der Waals surface area contributed by atoms with Crippen molar-refractivity contribution in [2.24, 2.45) is 0 Å². The van der Waals surface area contributed by atoms with Gasteiger partial charge in [0.1, 0.15) is 11.5 Å². The Kier molecular flexibility index (Phi) is 43.4. The van der Waals surface area contributed by atoms with E-state index >= 15 is 0 Å². The number of unbranched alkanes of at least 4 members (excludes halogenated alkanes) is 40. The van der Waals surface area contributed by atoms with E-state index in [-0.39, 0.29) is 0 Å². The second-order valence-electron chi connectivity index (χ2n) is 18.2. The summed E-state index contributed by atoms with van der Waals surface area (Å²) in [4.78, 5) is 0. The summed E-state index contributed by atoms with van der Waals surface area (Å²) < 4.78 is 12.6. The van der Waals surface area contributed by atoms with Crippen LogP contribution in [0.15, 0.2) is 18.2 Å². The number of ether oxygens (including phenoxy) is 2. The van der Waals surface area contributed by atoms with Crippen LogP contribution in [-0.4, -0.2) is 13.2 Å². The molecule has 2 heteroatoms. The average Bonchev–Trinajstić information content (AvgIpc) is 3.22. The first-order valence-corrected chi connectivity index (χ1v) is 26.5. The van der Waals surface area contributed by atoms with Crippen molar-refractivity contribution >= 4 is 0 Å². The Hall–Kier alpha value is -1.18. The lowest BCUT2D eigenvalue weighted by molar-refractivity contribution is 0.284. The van der Waals surface area contributed by atoms with Gasteiger partial charge in [0.25, 0.3) is 0 Å². The third-order valence-electron chi connectivity index (χ3n) is 12.5. The van der Waals surface area contributed by atoms with Gasteiger partial charge in [0.05, 0.1) is 13.2 Å². The summed E-state index contributed by atoms with van der Waals surface area (Å²) in [5.74, 6) is 2.03. The van der Waals surface area contributed by atoms with Crippen molar-refractivity contribution in [1.82, 2.24) is 0 Å². The van der Waals surface area contributed by atoms with Crippen LogP contribution in [0, 0.1) is 6.92 Å². The van der Waals surface area contributed by atoms with Crippen LogP contribution in [0.25, 0.3) is 0 Å². The van der Waals surface area contributed by atoms with Crippen molar-refractivity contribution in [2.45, 2.75) is 296 Å². The van der Waals surface area contributed by atoms with Crippen LogP contribution >= 0.6 is 0 Å². The molecule has 0 fully saturated rings. The Morgan fingerprint density at radius 1 is 0.316 bits per heavy atom. The van der Waals surface area contributed by atoms with Gasteiger partial charge in [0.15, 0.2) is 0 Å². The van der Waals surface area contributed by atoms with Gasteiger partial charge in [-0.05, 0) is 37.8 Å². The highest BCUT2D eigenvalue weighted by Crippen LogP contribution is 2.30. The summed E-state index contributed by atoms with van der Waals surface area (Å²) in [5.41, 5.74) is 1.22. The van der Waals surface area contributed by atoms with Gasteiger partial charge in [-0.3, -0.25) is 0 Å². The molecule has 57 heavy (non-hydrogen) atoms. The Bertz CT molecular complexity index is 828. The lowest BCUT2D eigenvalue weighted by atomic mass is 10.0. The molecule has 1 radical (unpaired) electrons. The maximum absolute atomic E-state index is 6.32. The quantitative estimate of drug-likeness (QED) is 0.0612. The molecule has 1 aromatic carbocycles. The van der Waals surface area contributed by atoms with Gasteiger partial charge in [0.2, 0.25) is 0 Å². The molecule has 0 unspecified atom stereocenters. The van der Waals surface area contributed by atoms with E-state index in [1.807, 2.05) is 0 Å². The largest absolute Gasteiger partial charge is 0.493 e. The van der Waals surface area contributed by atoms with Crippen LogP contribution in [0.4, 0.5) is 0 Å². The first-order valence-electron chi connectivity index (χ1n) is 26.5. The summed E-state index contributed by atoms with van der Waals surface area (Å²) >= 11 is 0. The van der Waals surface area contributed by atoms with Crippen LogP contribution in [-0.2, 0) is 6.42 Å². The fourth-order valence-electron chi connectivity index (χ4n) is 8.67. The van der Waals surface area contributed by atoms with Crippen molar-refractivity contribution < 1.29 is 9.47 Å². The minimum Gasteiger partial charge on any atom is -0.493 e. The molecule has 0 saturated carbocycles. The van der Waals surface area contributed by atoms with Crippen LogP contribution in [0.1, 0.15) is 296 Å². The molecule has 0 saturated heterocycles. The molecule has 0 aliphatic carbocycles. The lowest BCUT2D eigenvalue weighted by Crippen LogP contribution is -2.04. The summed E-state index contributed by atoms with van der Waals surface area (Å²) in [5, 5.41) is 0. The van der Waals surface area contributed by atoms with Crippen LogP contribution < -0.4 is 9.47 Å². The van der Waals surface area contributed by atoms with Crippen molar-refractivity contribution in [3.63, 3.8) is 0 Å². The third kappa shape index (κ3) is 37.6. The van der Waals surface area contributed by atoms with E-state index in [4.69, 9.17) is 9.47 Å². The maximum Gasteiger partial charge on any atom is 0.126 e. The molecule has 0 aliphatic heterocycles. The van der Waals surface area contributed by atoms with Gasteiger partial charge in [0, 0.05) is 5.56 Å². The second kappa shape index (κ2) is 45.9. The molecule has 0 heterocycles. The molecule has 0 N–H and O–H groups in total. The number of rotatable bonds is 48. The third-order valence-corrected chi connectivity index (χ3v) is 12.5. The Balaban J connectivity index is 1.93. The fourth-order valence-corrected chi connectivity index (χ4v) is 8.67. The highest BCUT2D eigenvalue weighted by atomic mass is 16.5. The van der Waals surface area contributed by atoms with E-state index in [0.29, 0.717) is 0 Å². The van der Waals surface area contributed by atoms with E-state index in [9.17, 15) is 0 Å². The first kappa shape index (κ1) is 53.8. The van der Waals surface area contributed by atoms with Crippen LogP contribution in [0.5, 0.6) is 11.5 Å².